The van der Waals surface area contributed by atoms with E-state index in [2.05, 4.69) is 0 Å². The third kappa shape index (κ3) is 4.87. The van der Waals surface area contributed by atoms with Crippen molar-refractivity contribution in [3.05, 3.63) is 77.9 Å². The van der Waals surface area contributed by atoms with Crippen molar-refractivity contribution in [1.29, 1.82) is 0 Å². The number of hydrogen-bond donors (Lipinski definition) is 1. The Morgan fingerprint density at radius 2 is 1.28 bits per heavy atom. The van der Waals surface area contributed by atoms with E-state index in [-0.39, 0.29) is 11.5 Å². The van der Waals surface area contributed by atoms with Crippen LogP contribution >= 0.6 is 0 Å². The number of hydrogen-bond acceptors (Lipinski definition) is 6. The smallest absolute Gasteiger partial charge is 0.308 e. The van der Waals surface area contributed by atoms with Crippen molar-refractivity contribution in [1.82, 2.24) is 0 Å². The molecule has 0 radical (unpaired) electrons. The molecule has 0 unspecified atom stereocenters. The molecule has 0 fully saturated rings. The highest BCUT2D eigenvalue weighted by Crippen LogP contribution is 2.31. The Hall–Kier alpha value is -3.93. The maximum atomic E-state index is 13.0. The Morgan fingerprint density at radius 3 is 1.86 bits per heavy atom. The van der Waals surface area contributed by atoms with E-state index < -0.39 is 11.9 Å². The monoisotopic (exact) mass is 390 g/mol. The van der Waals surface area contributed by atoms with E-state index in [1.165, 1.54) is 38.1 Å². The first-order chi connectivity index (χ1) is 13.8. The first-order valence-electron chi connectivity index (χ1n) is 8.78. The molecule has 0 saturated heterocycles. The van der Waals surface area contributed by atoms with E-state index in [0.717, 1.165) is 0 Å². The lowest BCUT2D eigenvalue weighted by atomic mass is 9.93. The van der Waals surface area contributed by atoms with Crippen molar-refractivity contribution in [3.63, 3.8) is 0 Å². The standard InChI is InChI=1S/C23H18O6/c1-14(24)28-19-9-5-16(6-10-19)22-13-20(29-15(2)25)11-12-21(22)23(27)17-3-7-18(26)8-4-17/h3-13,26H,1-2H3. The summed E-state index contributed by atoms with van der Waals surface area (Å²) in [7, 11) is 0. The summed E-state index contributed by atoms with van der Waals surface area (Å²) in [4.78, 5) is 35.5. The average Bonchev–Trinajstić information content (AvgIpc) is 2.68. The number of carbonyl (C=O) groups excluding carboxylic acids is 3. The first kappa shape index (κ1) is 19.8. The summed E-state index contributed by atoms with van der Waals surface area (Å²) in [5, 5.41) is 9.45. The molecule has 0 saturated carbocycles. The van der Waals surface area contributed by atoms with Gasteiger partial charge in [-0.1, -0.05) is 12.1 Å². The highest BCUT2D eigenvalue weighted by molar-refractivity contribution is 6.13. The van der Waals surface area contributed by atoms with Crippen LogP contribution in [-0.2, 0) is 9.59 Å². The van der Waals surface area contributed by atoms with Gasteiger partial charge in [0.15, 0.2) is 5.78 Å². The summed E-state index contributed by atoms with van der Waals surface area (Å²) in [6.45, 7) is 2.61. The number of phenolic OH excluding ortho intramolecular Hbond substituents is 1. The molecule has 3 rings (SSSR count). The fourth-order valence-corrected chi connectivity index (χ4v) is 2.83. The van der Waals surface area contributed by atoms with Gasteiger partial charge in [-0.05, 0) is 65.7 Å². The second kappa shape index (κ2) is 8.39. The Kier molecular flexibility index (Phi) is 5.74. The molecule has 0 heterocycles. The van der Waals surface area contributed by atoms with Gasteiger partial charge in [-0.2, -0.15) is 0 Å². The van der Waals surface area contributed by atoms with Gasteiger partial charge < -0.3 is 14.6 Å². The molecule has 6 nitrogen and oxygen atoms in total. The van der Waals surface area contributed by atoms with Gasteiger partial charge in [0.25, 0.3) is 0 Å². The van der Waals surface area contributed by atoms with Crippen LogP contribution in [0.1, 0.15) is 29.8 Å². The van der Waals surface area contributed by atoms with Crippen LogP contribution in [0, 0.1) is 0 Å². The topological polar surface area (TPSA) is 89.9 Å². The highest BCUT2D eigenvalue weighted by Gasteiger charge is 2.17. The fraction of sp³-hybridized carbons (Fsp3) is 0.0870. The molecule has 0 aliphatic heterocycles. The number of ketones is 1. The van der Waals surface area contributed by atoms with Crippen LogP contribution in [0.2, 0.25) is 0 Å². The Labute approximate surface area is 167 Å². The number of rotatable bonds is 5. The molecule has 0 aliphatic rings. The Bertz CT molecular complexity index is 1070. The minimum absolute atomic E-state index is 0.0630. The van der Waals surface area contributed by atoms with Gasteiger partial charge in [-0.25, -0.2) is 0 Å². The Morgan fingerprint density at radius 1 is 0.724 bits per heavy atom. The van der Waals surface area contributed by atoms with E-state index in [1.54, 1.807) is 42.5 Å². The van der Waals surface area contributed by atoms with Crippen LogP contribution in [0.25, 0.3) is 11.1 Å². The second-order valence-corrected chi connectivity index (χ2v) is 6.30. The zero-order valence-corrected chi connectivity index (χ0v) is 15.8. The molecule has 29 heavy (non-hydrogen) atoms. The third-order valence-corrected chi connectivity index (χ3v) is 4.05. The lowest BCUT2D eigenvalue weighted by Crippen LogP contribution is -2.06. The van der Waals surface area contributed by atoms with Gasteiger partial charge in [0.2, 0.25) is 0 Å². The van der Waals surface area contributed by atoms with E-state index >= 15 is 0 Å². The van der Waals surface area contributed by atoms with Crippen LogP contribution in [0.15, 0.2) is 66.7 Å². The van der Waals surface area contributed by atoms with Crippen molar-refractivity contribution in [2.24, 2.45) is 0 Å². The quantitative estimate of drug-likeness (QED) is 0.400. The van der Waals surface area contributed by atoms with Gasteiger partial charge in [-0.3, -0.25) is 14.4 Å². The van der Waals surface area contributed by atoms with Crippen LogP contribution in [0.3, 0.4) is 0 Å². The average molecular weight is 390 g/mol. The lowest BCUT2D eigenvalue weighted by molar-refractivity contribution is -0.132. The molecule has 146 valence electrons. The van der Waals surface area contributed by atoms with E-state index in [0.29, 0.717) is 33.8 Å². The van der Waals surface area contributed by atoms with Gasteiger partial charge in [0, 0.05) is 25.0 Å². The van der Waals surface area contributed by atoms with Gasteiger partial charge in [-0.15, -0.1) is 0 Å². The maximum Gasteiger partial charge on any atom is 0.308 e. The molecule has 0 spiro atoms. The Balaban J connectivity index is 2.06. The van der Waals surface area contributed by atoms with Crippen LogP contribution in [0.4, 0.5) is 0 Å². The molecule has 1 N–H and O–H groups in total. The van der Waals surface area contributed by atoms with Gasteiger partial charge >= 0.3 is 11.9 Å². The fourth-order valence-electron chi connectivity index (χ4n) is 2.83. The number of aromatic hydroxyl groups is 1. The lowest BCUT2D eigenvalue weighted by Gasteiger charge is -2.12. The summed E-state index contributed by atoms with van der Waals surface area (Å²) >= 11 is 0. The summed E-state index contributed by atoms with van der Waals surface area (Å²) < 4.78 is 10.2. The van der Waals surface area contributed by atoms with Crippen LogP contribution in [-0.4, -0.2) is 22.8 Å². The summed E-state index contributed by atoms with van der Waals surface area (Å²) in [6, 6.07) is 17.3. The van der Waals surface area contributed by atoms with Crippen molar-refractivity contribution >= 4 is 17.7 Å². The number of ether oxygens (including phenoxy) is 2. The zero-order chi connectivity index (χ0) is 21.0. The van der Waals surface area contributed by atoms with Crippen LogP contribution < -0.4 is 9.47 Å². The zero-order valence-electron chi connectivity index (χ0n) is 15.8. The molecule has 3 aromatic rings. The van der Waals surface area contributed by atoms with E-state index in [9.17, 15) is 19.5 Å². The van der Waals surface area contributed by atoms with Crippen molar-refractivity contribution in [3.8, 4) is 28.4 Å². The molecule has 0 aromatic heterocycles. The summed E-state index contributed by atoms with van der Waals surface area (Å²) in [5.41, 5.74) is 2.03. The number of esters is 2. The highest BCUT2D eigenvalue weighted by atomic mass is 16.5. The van der Waals surface area contributed by atoms with Gasteiger partial charge in [0.05, 0.1) is 0 Å². The third-order valence-electron chi connectivity index (χ3n) is 4.05. The van der Waals surface area contributed by atoms with E-state index in [4.69, 9.17) is 9.47 Å². The first-order valence-corrected chi connectivity index (χ1v) is 8.78. The largest absolute Gasteiger partial charge is 0.508 e. The molecule has 6 heteroatoms. The predicted molar refractivity (Wildman–Crippen MR) is 106 cm³/mol. The minimum Gasteiger partial charge on any atom is -0.508 e. The molecule has 0 amide bonds. The SMILES string of the molecule is CC(=O)Oc1ccc(-c2cc(OC(C)=O)ccc2C(=O)c2ccc(O)cc2)cc1. The minimum atomic E-state index is -0.473. The molecule has 0 bridgehead atoms. The van der Waals surface area contributed by atoms with Crippen LogP contribution in [0.5, 0.6) is 17.2 Å². The summed E-state index contributed by atoms with van der Waals surface area (Å²) in [5.74, 6) is -0.411. The van der Waals surface area contributed by atoms with Crippen molar-refractivity contribution in [2.75, 3.05) is 0 Å². The molecule has 0 aliphatic carbocycles. The van der Waals surface area contributed by atoms with Crippen molar-refractivity contribution in [2.45, 2.75) is 13.8 Å². The second-order valence-electron chi connectivity index (χ2n) is 6.30. The predicted octanol–water partition coefficient (Wildman–Crippen LogP) is 4.14. The van der Waals surface area contributed by atoms with Crippen molar-refractivity contribution < 1.29 is 29.0 Å². The normalized spacial score (nSPS) is 10.3. The maximum absolute atomic E-state index is 13.0. The molecular weight excluding hydrogens is 372 g/mol. The number of benzene rings is 3. The van der Waals surface area contributed by atoms with Gasteiger partial charge in [0.1, 0.15) is 17.2 Å². The number of carbonyl (C=O) groups is 3. The number of phenols is 1. The molecule has 3 aromatic carbocycles. The molecule has 0 atom stereocenters. The van der Waals surface area contributed by atoms with E-state index in [1.807, 2.05) is 0 Å². The summed E-state index contributed by atoms with van der Waals surface area (Å²) in [6.07, 6.45) is 0. The molecular formula is C23H18O6.